The van der Waals surface area contributed by atoms with Crippen molar-refractivity contribution in [3.63, 3.8) is 0 Å². The van der Waals surface area contributed by atoms with Crippen LogP contribution in [0.4, 0.5) is 5.69 Å². The summed E-state index contributed by atoms with van der Waals surface area (Å²) in [5, 5.41) is 0.648. The van der Waals surface area contributed by atoms with Crippen LogP contribution in [0.1, 0.15) is 24.6 Å². The average Bonchev–Trinajstić information content (AvgIpc) is 3.09. The first-order valence-corrected chi connectivity index (χ1v) is 8.92. The molecule has 0 bridgehead atoms. The van der Waals surface area contributed by atoms with E-state index in [2.05, 4.69) is 33.0 Å². The van der Waals surface area contributed by atoms with E-state index >= 15 is 0 Å². The fraction of sp³-hybridized carbons (Fsp3) is 0.278. The van der Waals surface area contributed by atoms with Crippen LogP contribution in [0.15, 0.2) is 53.0 Å². The van der Waals surface area contributed by atoms with Crippen LogP contribution in [0, 0.1) is 0 Å². The van der Waals surface area contributed by atoms with E-state index in [1.807, 2.05) is 41.3 Å². The molecule has 1 amide bonds. The molecule has 5 heteroatoms. The Morgan fingerprint density at radius 2 is 1.96 bits per heavy atom. The minimum atomic E-state index is -0.0639. The molecule has 2 heterocycles. The third-order valence-electron chi connectivity index (χ3n) is 4.61. The van der Waals surface area contributed by atoms with E-state index < -0.39 is 0 Å². The van der Waals surface area contributed by atoms with Crippen molar-refractivity contribution < 1.29 is 4.79 Å². The number of carbonyl (C=O) groups is 1. The fourth-order valence-corrected chi connectivity index (χ4v) is 4.28. The fourth-order valence-electron chi connectivity index (χ4n) is 3.68. The van der Waals surface area contributed by atoms with E-state index in [1.165, 1.54) is 0 Å². The predicted octanol–water partition coefficient (Wildman–Crippen LogP) is 4.61. The molecule has 0 aliphatic carbocycles. The number of amides is 1. The number of hydrogen-bond acceptors (Lipinski definition) is 2. The lowest BCUT2D eigenvalue weighted by Gasteiger charge is -2.30. The van der Waals surface area contributed by atoms with Crippen LogP contribution in [0.2, 0.25) is 5.02 Å². The summed E-state index contributed by atoms with van der Waals surface area (Å²) in [6, 6.07) is 15.7. The van der Waals surface area contributed by atoms with E-state index in [4.69, 9.17) is 11.6 Å². The van der Waals surface area contributed by atoms with Crippen molar-refractivity contribution >= 4 is 39.1 Å². The molecule has 2 fully saturated rings. The highest BCUT2D eigenvalue weighted by molar-refractivity contribution is 9.10. The zero-order valence-corrected chi connectivity index (χ0v) is 14.8. The number of anilines is 1. The first kappa shape index (κ1) is 15.2. The zero-order chi connectivity index (χ0) is 16.0. The van der Waals surface area contributed by atoms with Crippen LogP contribution >= 0.6 is 27.5 Å². The van der Waals surface area contributed by atoms with Crippen molar-refractivity contribution in [1.82, 2.24) is 4.90 Å². The summed E-state index contributed by atoms with van der Waals surface area (Å²) in [5.41, 5.74) is 1.99. The van der Waals surface area contributed by atoms with E-state index in [9.17, 15) is 4.79 Å². The molecule has 0 saturated carbocycles. The highest BCUT2D eigenvalue weighted by Gasteiger charge is 2.49. The Kier molecular flexibility index (Phi) is 3.92. The van der Waals surface area contributed by atoms with Gasteiger partial charge in [-0.25, -0.2) is 0 Å². The van der Waals surface area contributed by atoms with Crippen molar-refractivity contribution in [3.05, 3.63) is 63.6 Å². The lowest BCUT2D eigenvalue weighted by Crippen LogP contribution is -2.32. The summed E-state index contributed by atoms with van der Waals surface area (Å²) >= 11 is 9.69. The van der Waals surface area contributed by atoms with E-state index in [1.54, 1.807) is 0 Å². The summed E-state index contributed by atoms with van der Waals surface area (Å²) in [6.07, 6.45) is 1.94. The van der Waals surface area contributed by atoms with Gasteiger partial charge in [-0.3, -0.25) is 14.6 Å². The maximum Gasteiger partial charge on any atom is 0.246 e. The van der Waals surface area contributed by atoms with Gasteiger partial charge in [-0.1, -0.05) is 45.7 Å². The first-order valence-electron chi connectivity index (χ1n) is 7.75. The Labute approximate surface area is 149 Å². The van der Waals surface area contributed by atoms with Gasteiger partial charge >= 0.3 is 0 Å². The van der Waals surface area contributed by atoms with Crippen molar-refractivity contribution in [2.45, 2.75) is 25.0 Å². The third-order valence-corrected chi connectivity index (χ3v) is 5.34. The van der Waals surface area contributed by atoms with Gasteiger partial charge < -0.3 is 0 Å². The number of carbonyl (C=O) groups excluding carboxylic acids is 1. The van der Waals surface area contributed by atoms with Gasteiger partial charge in [0.1, 0.15) is 6.17 Å². The maximum atomic E-state index is 13.0. The van der Waals surface area contributed by atoms with Gasteiger partial charge in [0.05, 0.1) is 6.04 Å². The van der Waals surface area contributed by atoms with Crippen LogP contribution in [0.3, 0.4) is 0 Å². The summed E-state index contributed by atoms with van der Waals surface area (Å²) in [4.78, 5) is 17.2. The zero-order valence-electron chi connectivity index (χ0n) is 12.5. The molecule has 2 aromatic rings. The van der Waals surface area contributed by atoms with E-state index in [0.717, 1.165) is 35.1 Å². The molecule has 3 nitrogen and oxygen atoms in total. The first-order chi connectivity index (χ1) is 11.1. The third kappa shape index (κ3) is 2.59. The Hall–Kier alpha value is -1.36. The molecule has 2 saturated heterocycles. The summed E-state index contributed by atoms with van der Waals surface area (Å²) < 4.78 is 1.02. The monoisotopic (exact) mass is 390 g/mol. The Balaban J connectivity index is 1.83. The van der Waals surface area contributed by atoms with Crippen molar-refractivity contribution in [3.8, 4) is 0 Å². The van der Waals surface area contributed by atoms with Crippen LogP contribution in [-0.4, -0.2) is 23.4 Å². The van der Waals surface area contributed by atoms with Gasteiger partial charge in [0.15, 0.2) is 0 Å². The minimum Gasteiger partial charge on any atom is -0.290 e. The number of nitrogens with zero attached hydrogens (tertiary/aromatic N) is 2. The molecule has 0 aromatic heterocycles. The molecular formula is C18H16BrClN2O. The van der Waals surface area contributed by atoms with Gasteiger partial charge in [0.2, 0.25) is 5.91 Å². The van der Waals surface area contributed by atoms with Gasteiger partial charge in [-0.05, 0) is 48.7 Å². The van der Waals surface area contributed by atoms with Crippen molar-refractivity contribution in [2.24, 2.45) is 0 Å². The van der Waals surface area contributed by atoms with Crippen LogP contribution in [-0.2, 0) is 4.79 Å². The summed E-state index contributed by atoms with van der Waals surface area (Å²) in [6.45, 7) is 0.949. The number of benzene rings is 2. The predicted molar refractivity (Wildman–Crippen MR) is 95.5 cm³/mol. The second-order valence-corrected chi connectivity index (χ2v) is 7.36. The Morgan fingerprint density at radius 3 is 2.74 bits per heavy atom. The second-order valence-electron chi connectivity index (χ2n) is 6.01. The molecule has 2 aliphatic heterocycles. The Bertz CT molecular complexity index is 766. The maximum absolute atomic E-state index is 13.0. The molecule has 118 valence electrons. The molecule has 0 unspecified atom stereocenters. The highest BCUT2D eigenvalue weighted by atomic mass is 79.9. The largest absolute Gasteiger partial charge is 0.290 e. The summed E-state index contributed by atoms with van der Waals surface area (Å²) in [5.74, 6) is 0.176. The molecule has 4 rings (SSSR count). The number of fused-ring (bicyclic) bond motifs is 1. The van der Waals surface area contributed by atoms with Gasteiger partial charge in [-0.15, -0.1) is 0 Å². The van der Waals surface area contributed by atoms with Crippen LogP contribution in [0.5, 0.6) is 0 Å². The second kappa shape index (κ2) is 5.93. The molecule has 2 atom stereocenters. The van der Waals surface area contributed by atoms with E-state index in [0.29, 0.717) is 5.02 Å². The van der Waals surface area contributed by atoms with Gasteiger partial charge in [0.25, 0.3) is 0 Å². The summed E-state index contributed by atoms with van der Waals surface area (Å²) in [7, 11) is 0. The molecule has 0 radical (unpaired) electrons. The lowest BCUT2D eigenvalue weighted by molar-refractivity contribution is -0.119. The quantitative estimate of drug-likeness (QED) is 0.746. The number of halogens is 2. The van der Waals surface area contributed by atoms with Crippen molar-refractivity contribution in [2.75, 3.05) is 11.4 Å². The lowest BCUT2D eigenvalue weighted by atomic mass is 10.1. The van der Waals surface area contributed by atoms with E-state index in [-0.39, 0.29) is 18.1 Å². The average molecular weight is 392 g/mol. The van der Waals surface area contributed by atoms with Gasteiger partial charge in [0, 0.05) is 21.7 Å². The molecule has 0 spiro atoms. The molecule has 2 aromatic carbocycles. The standard InChI is InChI=1S/C18H16BrClN2O/c19-13-5-1-4-12(10-13)17-21-9-3-8-16(21)18(23)22(17)15-7-2-6-14(20)11-15/h1-2,4-7,10-11,16-17H,3,8-9H2/t16-,17+/m0/s1. The van der Waals surface area contributed by atoms with Crippen molar-refractivity contribution in [1.29, 1.82) is 0 Å². The van der Waals surface area contributed by atoms with Crippen LogP contribution < -0.4 is 4.90 Å². The smallest absolute Gasteiger partial charge is 0.246 e. The minimum absolute atomic E-state index is 0.0158. The van der Waals surface area contributed by atoms with Crippen LogP contribution in [0.25, 0.3) is 0 Å². The Morgan fingerprint density at radius 1 is 1.13 bits per heavy atom. The normalized spacial score (nSPS) is 24.3. The molecule has 0 N–H and O–H groups in total. The SMILES string of the molecule is O=C1[C@@H]2CCCN2[C@@H](c2cccc(Br)c2)N1c1cccc(Cl)c1. The topological polar surface area (TPSA) is 23.6 Å². The molecule has 23 heavy (non-hydrogen) atoms. The number of hydrogen-bond donors (Lipinski definition) is 0. The van der Waals surface area contributed by atoms with Gasteiger partial charge in [-0.2, -0.15) is 0 Å². The number of rotatable bonds is 2. The molecular weight excluding hydrogens is 376 g/mol. The molecule has 2 aliphatic rings. The highest BCUT2D eigenvalue weighted by Crippen LogP contribution is 2.43.